The van der Waals surface area contributed by atoms with Gasteiger partial charge in [-0.3, -0.25) is 9.58 Å². The van der Waals surface area contributed by atoms with Crippen LogP contribution in [0.3, 0.4) is 0 Å². The van der Waals surface area contributed by atoms with Gasteiger partial charge in [-0.25, -0.2) is 0 Å². The normalized spacial score (nSPS) is 16.9. The fraction of sp³-hybridized carbons (Fsp3) is 0.769. The van der Waals surface area contributed by atoms with Crippen molar-refractivity contribution in [1.29, 1.82) is 0 Å². The SMILES string of the molecule is Cc1nn(C)c(CN(CCO)C2CCCC2)c1Br. The van der Waals surface area contributed by atoms with Gasteiger partial charge in [0.2, 0.25) is 0 Å². The van der Waals surface area contributed by atoms with E-state index in [1.54, 1.807) is 0 Å². The van der Waals surface area contributed by atoms with Crippen LogP contribution >= 0.6 is 15.9 Å². The standard InChI is InChI=1S/C13H22BrN3O/c1-10-13(14)12(16(2)15-10)9-17(7-8-18)11-5-3-4-6-11/h11,18H,3-9H2,1-2H3. The molecule has 1 fully saturated rings. The van der Waals surface area contributed by atoms with Crippen LogP contribution in [0.25, 0.3) is 0 Å². The zero-order valence-corrected chi connectivity index (χ0v) is 12.8. The summed E-state index contributed by atoms with van der Waals surface area (Å²) < 4.78 is 3.05. The lowest BCUT2D eigenvalue weighted by Gasteiger charge is -2.28. The van der Waals surface area contributed by atoms with E-state index in [0.717, 1.165) is 23.3 Å². The second-order valence-electron chi connectivity index (χ2n) is 5.10. The van der Waals surface area contributed by atoms with Crippen LogP contribution < -0.4 is 0 Å². The van der Waals surface area contributed by atoms with Gasteiger partial charge in [0.15, 0.2) is 0 Å². The Kier molecular flexibility index (Phi) is 4.81. The fourth-order valence-corrected chi connectivity index (χ4v) is 3.29. The molecule has 0 radical (unpaired) electrons. The van der Waals surface area contributed by atoms with Crippen molar-refractivity contribution in [1.82, 2.24) is 14.7 Å². The molecule has 18 heavy (non-hydrogen) atoms. The average molecular weight is 316 g/mol. The first-order chi connectivity index (χ1) is 8.63. The highest BCUT2D eigenvalue weighted by Gasteiger charge is 2.24. The molecule has 0 atom stereocenters. The number of hydrogen-bond acceptors (Lipinski definition) is 3. The van der Waals surface area contributed by atoms with Crippen molar-refractivity contribution >= 4 is 15.9 Å². The van der Waals surface area contributed by atoms with Gasteiger partial charge in [0.05, 0.1) is 22.5 Å². The molecule has 1 aliphatic carbocycles. The van der Waals surface area contributed by atoms with Gasteiger partial charge in [-0.1, -0.05) is 12.8 Å². The molecule has 1 aliphatic rings. The topological polar surface area (TPSA) is 41.3 Å². The van der Waals surface area contributed by atoms with E-state index in [1.165, 1.54) is 31.4 Å². The Morgan fingerprint density at radius 2 is 2.11 bits per heavy atom. The van der Waals surface area contributed by atoms with Gasteiger partial charge < -0.3 is 5.11 Å². The van der Waals surface area contributed by atoms with Crippen molar-refractivity contribution in [2.45, 2.75) is 45.2 Å². The molecule has 0 unspecified atom stereocenters. The summed E-state index contributed by atoms with van der Waals surface area (Å²) in [5.74, 6) is 0. The third kappa shape index (κ3) is 2.95. The summed E-state index contributed by atoms with van der Waals surface area (Å²) in [4.78, 5) is 2.40. The molecule has 0 aromatic carbocycles. The number of aryl methyl sites for hydroxylation is 2. The Balaban J connectivity index is 2.12. The quantitative estimate of drug-likeness (QED) is 0.906. The number of aliphatic hydroxyl groups is 1. The largest absolute Gasteiger partial charge is 0.395 e. The minimum absolute atomic E-state index is 0.227. The van der Waals surface area contributed by atoms with Crippen LogP contribution in [0.1, 0.15) is 37.1 Å². The van der Waals surface area contributed by atoms with Gasteiger partial charge >= 0.3 is 0 Å². The molecular weight excluding hydrogens is 294 g/mol. The predicted molar refractivity (Wildman–Crippen MR) is 75.4 cm³/mol. The highest BCUT2D eigenvalue weighted by Crippen LogP contribution is 2.27. The van der Waals surface area contributed by atoms with Crippen molar-refractivity contribution in [3.8, 4) is 0 Å². The first kappa shape index (κ1) is 14.0. The molecule has 102 valence electrons. The van der Waals surface area contributed by atoms with Crippen molar-refractivity contribution in [2.75, 3.05) is 13.2 Å². The van der Waals surface area contributed by atoms with E-state index in [2.05, 4.69) is 25.9 Å². The number of aromatic nitrogens is 2. The van der Waals surface area contributed by atoms with E-state index in [0.29, 0.717) is 6.04 Å². The maximum Gasteiger partial charge on any atom is 0.0739 e. The lowest BCUT2D eigenvalue weighted by molar-refractivity contribution is 0.141. The molecule has 1 N–H and O–H groups in total. The summed E-state index contributed by atoms with van der Waals surface area (Å²) in [5, 5.41) is 13.7. The summed E-state index contributed by atoms with van der Waals surface area (Å²) in [6.45, 7) is 3.86. The molecule has 5 heteroatoms. The fourth-order valence-electron chi connectivity index (χ4n) is 2.83. The van der Waals surface area contributed by atoms with Gasteiger partial charge in [0, 0.05) is 26.2 Å². The van der Waals surface area contributed by atoms with E-state index < -0.39 is 0 Å². The van der Waals surface area contributed by atoms with Crippen LogP contribution in [-0.2, 0) is 13.6 Å². The lowest BCUT2D eigenvalue weighted by Crippen LogP contribution is -2.35. The average Bonchev–Trinajstić information content (AvgIpc) is 2.93. The zero-order chi connectivity index (χ0) is 13.1. The van der Waals surface area contributed by atoms with Crippen molar-refractivity contribution < 1.29 is 5.11 Å². The predicted octanol–water partition coefficient (Wildman–Crippen LogP) is 2.23. The number of aliphatic hydroxyl groups excluding tert-OH is 1. The molecule has 0 saturated heterocycles. The van der Waals surface area contributed by atoms with Crippen LogP contribution in [0.4, 0.5) is 0 Å². The summed E-state index contributed by atoms with van der Waals surface area (Å²) in [5.41, 5.74) is 2.23. The molecular formula is C13H22BrN3O. The smallest absolute Gasteiger partial charge is 0.0739 e. The Labute approximate surface area is 117 Å². The molecule has 1 aromatic heterocycles. The monoisotopic (exact) mass is 315 g/mol. The number of nitrogens with zero attached hydrogens (tertiary/aromatic N) is 3. The molecule has 2 rings (SSSR count). The first-order valence-electron chi connectivity index (χ1n) is 6.66. The van der Waals surface area contributed by atoms with Crippen molar-refractivity contribution in [3.05, 3.63) is 15.9 Å². The lowest BCUT2D eigenvalue weighted by atomic mass is 10.2. The molecule has 0 amide bonds. The minimum Gasteiger partial charge on any atom is -0.395 e. The van der Waals surface area contributed by atoms with Gasteiger partial charge in [0.25, 0.3) is 0 Å². The maximum absolute atomic E-state index is 9.24. The Bertz CT molecular complexity index is 399. The number of halogens is 1. The van der Waals surface area contributed by atoms with Gasteiger partial charge in [-0.2, -0.15) is 5.10 Å². The second kappa shape index (κ2) is 6.17. The molecule has 0 aliphatic heterocycles. The molecule has 4 nitrogen and oxygen atoms in total. The molecule has 1 heterocycles. The molecule has 0 bridgehead atoms. The van der Waals surface area contributed by atoms with Gasteiger partial charge in [0.1, 0.15) is 0 Å². The van der Waals surface area contributed by atoms with E-state index in [4.69, 9.17) is 0 Å². The van der Waals surface area contributed by atoms with E-state index in [1.807, 2.05) is 18.7 Å². The first-order valence-corrected chi connectivity index (χ1v) is 7.45. The third-order valence-corrected chi connectivity index (χ3v) is 4.87. The van der Waals surface area contributed by atoms with Crippen molar-refractivity contribution in [2.24, 2.45) is 7.05 Å². The zero-order valence-electron chi connectivity index (χ0n) is 11.2. The summed E-state index contributed by atoms with van der Waals surface area (Å²) >= 11 is 3.62. The van der Waals surface area contributed by atoms with E-state index in [-0.39, 0.29) is 6.61 Å². The number of rotatable bonds is 5. The minimum atomic E-state index is 0.227. The maximum atomic E-state index is 9.24. The van der Waals surface area contributed by atoms with E-state index in [9.17, 15) is 5.11 Å². The van der Waals surface area contributed by atoms with Crippen LogP contribution in [0, 0.1) is 6.92 Å². The molecule has 0 spiro atoms. The summed E-state index contributed by atoms with van der Waals surface area (Å²) in [6.07, 6.45) is 5.15. The van der Waals surface area contributed by atoms with Gasteiger partial charge in [-0.05, 0) is 35.7 Å². The molecule has 1 saturated carbocycles. The second-order valence-corrected chi connectivity index (χ2v) is 5.90. The summed E-state index contributed by atoms with van der Waals surface area (Å²) in [7, 11) is 1.98. The Hall–Kier alpha value is -0.390. The van der Waals surface area contributed by atoms with Crippen LogP contribution in [0.5, 0.6) is 0 Å². The Morgan fingerprint density at radius 1 is 1.44 bits per heavy atom. The van der Waals surface area contributed by atoms with E-state index >= 15 is 0 Å². The van der Waals surface area contributed by atoms with Crippen LogP contribution in [0.15, 0.2) is 4.47 Å². The van der Waals surface area contributed by atoms with Crippen LogP contribution in [0.2, 0.25) is 0 Å². The molecule has 1 aromatic rings. The van der Waals surface area contributed by atoms with Crippen molar-refractivity contribution in [3.63, 3.8) is 0 Å². The number of hydrogen-bond donors (Lipinski definition) is 1. The highest BCUT2D eigenvalue weighted by atomic mass is 79.9. The highest BCUT2D eigenvalue weighted by molar-refractivity contribution is 9.10. The van der Waals surface area contributed by atoms with Gasteiger partial charge in [-0.15, -0.1) is 0 Å². The van der Waals surface area contributed by atoms with Crippen LogP contribution in [-0.4, -0.2) is 39.0 Å². The summed E-state index contributed by atoms with van der Waals surface area (Å²) in [6, 6.07) is 0.624. The third-order valence-electron chi connectivity index (χ3n) is 3.84. The Morgan fingerprint density at radius 3 is 2.61 bits per heavy atom.